The van der Waals surface area contributed by atoms with Gasteiger partial charge in [0, 0.05) is 17.2 Å². The molecule has 0 spiro atoms. The van der Waals surface area contributed by atoms with Crippen molar-refractivity contribution in [1.82, 2.24) is 0 Å². The van der Waals surface area contributed by atoms with Crippen LogP contribution in [0.15, 0.2) is 12.1 Å². The maximum atomic E-state index is 11.5. The summed E-state index contributed by atoms with van der Waals surface area (Å²) in [4.78, 5) is 42.9. The van der Waals surface area contributed by atoms with Gasteiger partial charge >= 0.3 is 5.97 Å². The third kappa shape index (κ3) is 2.88. The Labute approximate surface area is 111 Å². The van der Waals surface area contributed by atoms with E-state index in [9.17, 15) is 34.7 Å². The molecular formula is C11H7NO8-2. The maximum Gasteiger partial charge on any atom is 0.345 e. The number of carbonyl (C=O) groups excluding carboxylic acids is 3. The molecule has 1 aromatic rings. The normalized spacial score (nSPS) is 9.85. The molecule has 0 bridgehead atoms. The highest BCUT2D eigenvalue weighted by molar-refractivity contribution is 6.04. The first-order chi connectivity index (χ1) is 9.29. The number of nitro benzene ring substituents is 1. The van der Waals surface area contributed by atoms with Crippen molar-refractivity contribution >= 4 is 23.6 Å². The van der Waals surface area contributed by atoms with Crippen molar-refractivity contribution in [2.24, 2.45) is 0 Å². The molecule has 0 aliphatic rings. The van der Waals surface area contributed by atoms with E-state index in [0.29, 0.717) is 12.1 Å². The van der Waals surface area contributed by atoms with Gasteiger partial charge in [-0.1, -0.05) is 0 Å². The average Bonchev–Trinajstić information content (AvgIpc) is 2.36. The molecule has 0 N–H and O–H groups in total. The molecular weight excluding hydrogens is 274 g/mol. The molecule has 0 aromatic heterocycles. The highest BCUT2D eigenvalue weighted by Gasteiger charge is 2.25. The van der Waals surface area contributed by atoms with Crippen molar-refractivity contribution in [3.05, 3.63) is 38.9 Å². The minimum Gasteiger partial charge on any atom is -0.545 e. The number of benzene rings is 1. The number of rotatable bonds is 5. The number of aromatic carboxylic acids is 2. The molecule has 106 valence electrons. The zero-order valence-electron chi connectivity index (χ0n) is 10.1. The lowest BCUT2D eigenvalue weighted by Gasteiger charge is -2.13. The highest BCUT2D eigenvalue weighted by Crippen LogP contribution is 2.24. The van der Waals surface area contributed by atoms with Gasteiger partial charge in [-0.3, -0.25) is 10.1 Å². The van der Waals surface area contributed by atoms with Crippen LogP contribution in [-0.2, 0) is 4.74 Å². The van der Waals surface area contributed by atoms with Crippen molar-refractivity contribution in [1.29, 1.82) is 0 Å². The van der Waals surface area contributed by atoms with Crippen LogP contribution in [0.25, 0.3) is 0 Å². The molecule has 0 aliphatic carbocycles. The zero-order valence-corrected chi connectivity index (χ0v) is 10.1. The van der Waals surface area contributed by atoms with Gasteiger partial charge in [0.1, 0.15) is 5.56 Å². The summed E-state index contributed by atoms with van der Waals surface area (Å²) in [7, 11) is 0. The van der Waals surface area contributed by atoms with Gasteiger partial charge in [0.2, 0.25) is 0 Å². The van der Waals surface area contributed by atoms with E-state index in [0.717, 1.165) is 0 Å². The van der Waals surface area contributed by atoms with Gasteiger partial charge in [0.15, 0.2) is 0 Å². The van der Waals surface area contributed by atoms with E-state index in [4.69, 9.17) is 0 Å². The second kappa shape index (κ2) is 5.78. The van der Waals surface area contributed by atoms with Gasteiger partial charge in [-0.25, -0.2) is 4.79 Å². The topological polar surface area (TPSA) is 150 Å². The molecule has 20 heavy (non-hydrogen) atoms. The maximum absolute atomic E-state index is 11.5. The monoisotopic (exact) mass is 281 g/mol. The van der Waals surface area contributed by atoms with Crippen molar-refractivity contribution < 1.29 is 34.3 Å². The summed E-state index contributed by atoms with van der Waals surface area (Å²) < 4.78 is 4.53. The molecule has 0 aliphatic heterocycles. The van der Waals surface area contributed by atoms with Crippen molar-refractivity contribution in [3.63, 3.8) is 0 Å². The number of hydrogen-bond donors (Lipinski definition) is 0. The predicted octanol–water partition coefficient (Wildman–Crippen LogP) is -1.50. The van der Waals surface area contributed by atoms with Crippen LogP contribution < -0.4 is 10.2 Å². The van der Waals surface area contributed by atoms with E-state index in [-0.39, 0.29) is 6.61 Å². The summed E-state index contributed by atoms with van der Waals surface area (Å²) in [5.74, 6) is -5.00. The van der Waals surface area contributed by atoms with E-state index >= 15 is 0 Å². The molecule has 9 nitrogen and oxygen atoms in total. The zero-order chi connectivity index (χ0) is 15.4. The largest absolute Gasteiger partial charge is 0.545 e. The Morgan fingerprint density at radius 1 is 1.10 bits per heavy atom. The summed E-state index contributed by atoms with van der Waals surface area (Å²) in [6.07, 6.45) is 0. The van der Waals surface area contributed by atoms with Crippen molar-refractivity contribution in [3.8, 4) is 0 Å². The Morgan fingerprint density at radius 2 is 1.60 bits per heavy atom. The van der Waals surface area contributed by atoms with Crippen LogP contribution in [0.1, 0.15) is 38.0 Å². The Morgan fingerprint density at radius 3 is 2.00 bits per heavy atom. The van der Waals surface area contributed by atoms with Crippen LogP contribution in [0.3, 0.4) is 0 Å². The summed E-state index contributed by atoms with van der Waals surface area (Å²) in [5, 5.41) is 32.4. The van der Waals surface area contributed by atoms with Crippen molar-refractivity contribution in [2.75, 3.05) is 6.61 Å². The number of nitro groups is 1. The fraction of sp³-hybridized carbons (Fsp3) is 0.182. The predicted molar refractivity (Wildman–Crippen MR) is 57.7 cm³/mol. The highest BCUT2D eigenvalue weighted by atomic mass is 16.6. The molecule has 0 heterocycles. The van der Waals surface area contributed by atoms with E-state index in [2.05, 4.69) is 4.74 Å². The second-order valence-corrected chi connectivity index (χ2v) is 3.47. The summed E-state index contributed by atoms with van der Waals surface area (Å²) in [6, 6.07) is 0.948. The standard InChI is InChI=1S/C11H9NO8/c1-2-20-11(17)7-3-5(9(13)14)6(10(15)16)4-8(7)12(18)19/h3-4H,2H2,1H3,(H,13,14)(H,15,16)/p-2. The molecule has 0 unspecified atom stereocenters. The van der Waals surface area contributed by atoms with Crippen LogP contribution in [0, 0.1) is 10.1 Å². The second-order valence-electron chi connectivity index (χ2n) is 3.47. The molecule has 0 saturated carbocycles. The molecule has 0 saturated heterocycles. The lowest BCUT2D eigenvalue weighted by atomic mass is 10.0. The number of ether oxygens (including phenoxy) is 1. The number of carbonyl (C=O) groups is 3. The van der Waals surface area contributed by atoms with Crippen LogP contribution in [-0.4, -0.2) is 29.4 Å². The minimum absolute atomic E-state index is 0.0983. The van der Waals surface area contributed by atoms with Crippen LogP contribution in [0.2, 0.25) is 0 Å². The molecule has 9 heteroatoms. The molecule has 0 radical (unpaired) electrons. The van der Waals surface area contributed by atoms with Gasteiger partial charge in [-0.15, -0.1) is 0 Å². The van der Waals surface area contributed by atoms with Crippen LogP contribution in [0.4, 0.5) is 5.69 Å². The lowest BCUT2D eigenvalue weighted by molar-refractivity contribution is -0.385. The van der Waals surface area contributed by atoms with Crippen LogP contribution >= 0.6 is 0 Å². The Kier molecular flexibility index (Phi) is 4.36. The summed E-state index contributed by atoms with van der Waals surface area (Å²) in [6.45, 7) is 1.35. The molecule has 0 atom stereocenters. The molecule has 1 aromatic carbocycles. The van der Waals surface area contributed by atoms with Gasteiger partial charge in [-0.05, 0) is 13.0 Å². The van der Waals surface area contributed by atoms with Gasteiger partial charge in [0.05, 0.1) is 23.5 Å². The Balaban J connectivity index is 3.61. The summed E-state index contributed by atoms with van der Waals surface area (Å²) in [5.41, 5.74) is -3.43. The molecule has 1 rings (SSSR count). The first-order valence-corrected chi connectivity index (χ1v) is 5.21. The third-order valence-corrected chi connectivity index (χ3v) is 2.27. The Hall–Kier alpha value is -2.97. The lowest BCUT2D eigenvalue weighted by Crippen LogP contribution is -2.30. The van der Waals surface area contributed by atoms with E-state index in [1.54, 1.807) is 0 Å². The van der Waals surface area contributed by atoms with Gasteiger partial charge in [-0.2, -0.15) is 0 Å². The number of carboxylic acid groups (broad SMARTS) is 2. The third-order valence-electron chi connectivity index (χ3n) is 2.27. The van der Waals surface area contributed by atoms with E-state index < -0.39 is 45.2 Å². The summed E-state index contributed by atoms with van der Waals surface area (Å²) >= 11 is 0. The number of carboxylic acids is 2. The van der Waals surface area contributed by atoms with Gasteiger partial charge < -0.3 is 24.5 Å². The van der Waals surface area contributed by atoms with Gasteiger partial charge in [0.25, 0.3) is 5.69 Å². The first-order valence-electron chi connectivity index (χ1n) is 5.21. The van der Waals surface area contributed by atoms with E-state index in [1.807, 2.05) is 0 Å². The SMILES string of the molecule is CCOC(=O)c1cc(C(=O)[O-])c(C(=O)[O-])cc1[N+](=O)[O-]. The Bertz CT molecular complexity index is 607. The fourth-order valence-electron chi connectivity index (χ4n) is 1.45. The van der Waals surface area contributed by atoms with E-state index in [1.165, 1.54) is 6.92 Å². The minimum atomic E-state index is -1.94. The quantitative estimate of drug-likeness (QED) is 0.359. The molecule has 0 fully saturated rings. The number of esters is 1. The smallest absolute Gasteiger partial charge is 0.345 e. The average molecular weight is 281 g/mol. The fourth-order valence-corrected chi connectivity index (χ4v) is 1.45. The van der Waals surface area contributed by atoms with Crippen molar-refractivity contribution in [2.45, 2.75) is 6.92 Å². The molecule has 0 amide bonds. The van der Waals surface area contributed by atoms with Crippen LogP contribution in [0.5, 0.6) is 0 Å². The number of hydrogen-bond acceptors (Lipinski definition) is 8. The first kappa shape index (κ1) is 15.1. The number of nitrogens with zero attached hydrogens (tertiary/aromatic N) is 1.